The molecule has 4 aromatic rings. The number of fused-ring (bicyclic) bond motifs is 1. The normalized spacial score (nSPS) is 15.8. The number of benzene rings is 1. The maximum absolute atomic E-state index is 13.3. The molecule has 10 heteroatoms. The molecule has 1 aliphatic rings. The minimum Gasteiger partial charge on any atom is -0.444 e. The number of nitrogens with zero attached hydrogens (tertiary/aromatic N) is 5. The number of anilines is 2. The van der Waals surface area contributed by atoms with Gasteiger partial charge < -0.3 is 20.3 Å². The summed E-state index contributed by atoms with van der Waals surface area (Å²) in [5, 5.41) is 11.4. The molecule has 0 spiro atoms. The van der Waals surface area contributed by atoms with Gasteiger partial charge in [0.1, 0.15) is 11.3 Å². The van der Waals surface area contributed by atoms with E-state index in [4.69, 9.17) is 4.74 Å². The first-order chi connectivity index (χ1) is 18.3. The number of nitrogens with one attached hydrogen (secondary N) is 2. The molecular weight excluding hydrogens is 482 g/mol. The van der Waals surface area contributed by atoms with Crippen molar-refractivity contribution in [1.82, 2.24) is 25.1 Å². The van der Waals surface area contributed by atoms with Crippen molar-refractivity contribution in [2.24, 2.45) is 0 Å². The molecule has 196 valence electrons. The Morgan fingerprint density at radius 2 is 1.89 bits per heavy atom. The molecule has 0 bridgehead atoms. The molecule has 38 heavy (non-hydrogen) atoms. The number of piperidine rings is 1. The first-order valence-electron chi connectivity index (χ1n) is 12.7. The minimum absolute atomic E-state index is 0.0717. The molecule has 1 atom stereocenters. The zero-order valence-corrected chi connectivity index (χ0v) is 21.7. The molecule has 1 aromatic carbocycles. The van der Waals surface area contributed by atoms with Crippen molar-refractivity contribution in [3.8, 4) is 5.82 Å². The van der Waals surface area contributed by atoms with Gasteiger partial charge in [0.25, 0.3) is 5.91 Å². The number of aromatic nitrogens is 4. The highest BCUT2D eigenvalue weighted by Crippen LogP contribution is 2.28. The van der Waals surface area contributed by atoms with Gasteiger partial charge in [-0.15, -0.1) is 0 Å². The molecular formula is C28H31N7O3. The highest BCUT2D eigenvalue weighted by molar-refractivity contribution is 6.04. The van der Waals surface area contributed by atoms with Gasteiger partial charge in [0.15, 0.2) is 5.82 Å². The fraction of sp³-hybridized carbons (Fsp3) is 0.321. The number of para-hydroxylation sites is 1. The van der Waals surface area contributed by atoms with Gasteiger partial charge in [0.05, 0.1) is 29.3 Å². The monoisotopic (exact) mass is 513 g/mol. The minimum atomic E-state index is -0.559. The van der Waals surface area contributed by atoms with E-state index in [1.807, 2.05) is 57.2 Å². The van der Waals surface area contributed by atoms with Crippen molar-refractivity contribution >= 4 is 34.3 Å². The van der Waals surface area contributed by atoms with Crippen LogP contribution < -0.4 is 15.5 Å². The molecule has 0 radical (unpaired) electrons. The van der Waals surface area contributed by atoms with E-state index in [9.17, 15) is 9.59 Å². The smallest absolute Gasteiger partial charge is 0.407 e. The van der Waals surface area contributed by atoms with Gasteiger partial charge in [-0.05, 0) is 57.9 Å². The van der Waals surface area contributed by atoms with E-state index in [2.05, 4.69) is 30.6 Å². The summed E-state index contributed by atoms with van der Waals surface area (Å²) in [5.41, 5.74) is 2.02. The van der Waals surface area contributed by atoms with Crippen LogP contribution in [0.4, 0.5) is 16.2 Å². The summed E-state index contributed by atoms with van der Waals surface area (Å²) in [6.07, 6.45) is 6.40. The quantitative estimate of drug-likeness (QED) is 0.402. The van der Waals surface area contributed by atoms with E-state index in [0.717, 1.165) is 36.0 Å². The van der Waals surface area contributed by atoms with Crippen LogP contribution >= 0.6 is 0 Å². The summed E-state index contributed by atoms with van der Waals surface area (Å²) >= 11 is 0. The van der Waals surface area contributed by atoms with Gasteiger partial charge in [-0.2, -0.15) is 5.10 Å². The predicted octanol–water partition coefficient (Wildman–Crippen LogP) is 4.56. The lowest BCUT2D eigenvalue weighted by molar-refractivity contribution is 0.0500. The number of hydrogen-bond donors (Lipinski definition) is 2. The second-order valence-corrected chi connectivity index (χ2v) is 10.3. The van der Waals surface area contributed by atoms with Gasteiger partial charge in [0, 0.05) is 30.7 Å². The number of rotatable bonds is 5. The Balaban J connectivity index is 1.31. The highest BCUT2D eigenvalue weighted by atomic mass is 16.6. The Morgan fingerprint density at radius 3 is 2.74 bits per heavy atom. The SMILES string of the molecule is CC(C)(C)OC(=O)N[C@H]1CCCN(c2ccncc2NC(=O)c2cccc(-n3ncc4ccccc43)n2)C1. The number of alkyl carbamates (subject to hydrolysis) is 1. The van der Waals surface area contributed by atoms with E-state index < -0.39 is 11.7 Å². The van der Waals surface area contributed by atoms with Crippen LogP contribution in [0.2, 0.25) is 0 Å². The van der Waals surface area contributed by atoms with Gasteiger partial charge >= 0.3 is 6.09 Å². The molecule has 1 fully saturated rings. The molecule has 0 unspecified atom stereocenters. The topological polar surface area (TPSA) is 114 Å². The maximum Gasteiger partial charge on any atom is 0.407 e. The number of hydrogen-bond acceptors (Lipinski definition) is 7. The van der Waals surface area contributed by atoms with Crippen molar-refractivity contribution in [1.29, 1.82) is 0 Å². The Hall–Kier alpha value is -4.47. The Labute approximate surface area is 221 Å². The van der Waals surface area contributed by atoms with Crippen LogP contribution in [0, 0.1) is 0 Å². The summed E-state index contributed by atoms with van der Waals surface area (Å²) in [5.74, 6) is 0.204. The molecule has 2 N–H and O–H groups in total. The van der Waals surface area contributed by atoms with Crippen LogP contribution in [0.25, 0.3) is 16.7 Å². The lowest BCUT2D eigenvalue weighted by Crippen LogP contribution is -2.49. The first kappa shape index (κ1) is 25.2. The van der Waals surface area contributed by atoms with Crippen molar-refractivity contribution < 1.29 is 14.3 Å². The Bertz CT molecular complexity index is 1460. The highest BCUT2D eigenvalue weighted by Gasteiger charge is 2.26. The van der Waals surface area contributed by atoms with Crippen LogP contribution in [-0.2, 0) is 4.74 Å². The predicted molar refractivity (Wildman–Crippen MR) is 146 cm³/mol. The average Bonchev–Trinajstić information content (AvgIpc) is 3.32. The van der Waals surface area contributed by atoms with E-state index >= 15 is 0 Å². The fourth-order valence-electron chi connectivity index (χ4n) is 4.56. The third-order valence-corrected chi connectivity index (χ3v) is 6.19. The van der Waals surface area contributed by atoms with Gasteiger partial charge in [-0.25, -0.2) is 14.5 Å². The maximum atomic E-state index is 13.3. The lowest BCUT2D eigenvalue weighted by atomic mass is 10.0. The zero-order valence-electron chi connectivity index (χ0n) is 21.7. The summed E-state index contributed by atoms with van der Waals surface area (Å²) in [4.78, 5) is 36.5. The van der Waals surface area contributed by atoms with Crippen LogP contribution in [0.5, 0.6) is 0 Å². The largest absolute Gasteiger partial charge is 0.444 e. The zero-order chi connectivity index (χ0) is 26.7. The van der Waals surface area contributed by atoms with Crippen LogP contribution in [0.3, 0.4) is 0 Å². The molecule has 10 nitrogen and oxygen atoms in total. The summed E-state index contributed by atoms with van der Waals surface area (Å²) in [6, 6.07) is 14.9. The standard InChI is InChI=1S/C28H31N7O3/c1-28(2,3)38-27(37)31-20-9-7-15-34(18-20)24-13-14-29-17-22(24)33-26(36)21-10-6-12-25(32-21)35-23-11-5-4-8-19(23)16-30-35/h4-6,8,10-14,16-17,20H,7,9,15,18H2,1-3H3,(H,31,37)(H,33,36)/t20-/m0/s1. The van der Waals surface area contributed by atoms with Gasteiger partial charge in [-0.1, -0.05) is 24.3 Å². The van der Waals surface area contributed by atoms with Gasteiger partial charge in [0.2, 0.25) is 0 Å². The van der Waals surface area contributed by atoms with Crippen molar-refractivity contribution in [2.75, 3.05) is 23.3 Å². The summed E-state index contributed by atoms with van der Waals surface area (Å²) < 4.78 is 7.13. The summed E-state index contributed by atoms with van der Waals surface area (Å²) in [7, 11) is 0. The number of amides is 2. The third kappa shape index (κ3) is 5.74. The van der Waals surface area contributed by atoms with Crippen molar-refractivity contribution in [2.45, 2.75) is 45.3 Å². The van der Waals surface area contributed by atoms with Crippen LogP contribution in [-0.4, -0.2) is 56.5 Å². The first-order valence-corrected chi connectivity index (χ1v) is 12.7. The molecule has 1 aliphatic heterocycles. The number of carbonyl (C=O) groups excluding carboxylic acids is 2. The molecule has 3 aromatic heterocycles. The average molecular weight is 514 g/mol. The summed E-state index contributed by atoms with van der Waals surface area (Å²) in [6.45, 7) is 6.90. The molecule has 5 rings (SSSR count). The molecule has 1 saturated heterocycles. The number of ether oxygens (including phenoxy) is 1. The van der Waals surface area contributed by atoms with Crippen molar-refractivity contribution in [3.05, 3.63) is 72.8 Å². The van der Waals surface area contributed by atoms with Crippen LogP contribution in [0.15, 0.2) is 67.1 Å². The van der Waals surface area contributed by atoms with E-state index in [1.54, 1.807) is 35.4 Å². The Kier molecular flexibility index (Phi) is 6.95. The molecule has 2 amide bonds. The lowest BCUT2D eigenvalue weighted by Gasteiger charge is -2.35. The third-order valence-electron chi connectivity index (χ3n) is 6.19. The fourth-order valence-corrected chi connectivity index (χ4v) is 4.56. The number of carbonyl (C=O) groups is 2. The second kappa shape index (κ2) is 10.5. The molecule has 0 saturated carbocycles. The van der Waals surface area contributed by atoms with Gasteiger partial charge in [-0.3, -0.25) is 9.78 Å². The molecule has 4 heterocycles. The van der Waals surface area contributed by atoms with E-state index in [1.165, 1.54) is 0 Å². The second-order valence-electron chi connectivity index (χ2n) is 10.3. The van der Waals surface area contributed by atoms with Crippen LogP contribution in [0.1, 0.15) is 44.1 Å². The van der Waals surface area contributed by atoms with E-state index in [0.29, 0.717) is 18.1 Å². The number of pyridine rings is 2. The van der Waals surface area contributed by atoms with Crippen molar-refractivity contribution in [3.63, 3.8) is 0 Å². The molecule has 0 aliphatic carbocycles. The van der Waals surface area contributed by atoms with E-state index in [-0.39, 0.29) is 17.6 Å². The Morgan fingerprint density at radius 1 is 1.05 bits per heavy atom.